The average Bonchev–Trinajstić information content (AvgIpc) is 2.51. The van der Waals surface area contributed by atoms with E-state index in [2.05, 4.69) is 20.8 Å². The lowest BCUT2D eigenvalue weighted by molar-refractivity contribution is -0.176. The molecule has 0 radical (unpaired) electrons. The van der Waals surface area contributed by atoms with Crippen molar-refractivity contribution in [2.75, 3.05) is 0 Å². The lowest BCUT2D eigenvalue weighted by Crippen LogP contribution is -2.59. The molecule has 3 aliphatic carbocycles. The van der Waals surface area contributed by atoms with E-state index in [0.717, 1.165) is 25.7 Å². The first kappa shape index (κ1) is 16.5. The van der Waals surface area contributed by atoms with Crippen LogP contribution in [0.3, 0.4) is 0 Å². The molecule has 2 heteroatoms. The highest BCUT2D eigenvalue weighted by Crippen LogP contribution is 2.62. The van der Waals surface area contributed by atoms with Crippen molar-refractivity contribution in [2.24, 2.45) is 35.0 Å². The molecule has 7 atom stereocenters. The molecule has 4 unspecified atom stereocenters. The van der Waals surface area contributed by atoms with Crippen molar-refractivity contribution in [3.05, 3.63) is 0 Å². The van der Waals surface area contributed by atoms with Crippen LogP contribution in [0.25, 0.3) is 0 Å². The van der Waals surface area contributed by atoms with Crippen LogP contribution in [0.15, 0.2) is 0 Å². The highest BCUT2D eigenvalue weighted by Gasteiger charge is 2.59. The van der Waals surface area contributed by atoms with Gasteiger partial charge in [0, 0.05) is 12.8 Å². The van der Waals surface area contributed by atoms with Crippen molar-refractivity contribution in [3.63, 3.8) is 0 Å². The zero-order chi connectivity index (χ0) is 15.9. The topological polar surface area (TPSA) is 37.3 Å². The number of aliphatic hydroxyl groups excluding tert-OH is 1. The predicted octanol–water partition coefficient (Wildman–Crippen LogP) is 4.60. The number of hydrogen-bond donors (Lipinski definition) is 1. The molecule has 0 aromatic carbocycles. The zero-order valence-corrected chi connectivity index (χ0v) is 14.7. The van der Waals surface area contributed by atoms with E-state index < -0.39 is 0 Å². The second kappa shape index (κ2) is 6.26. The minimum Gasteiger partial charge on any atom is -0.393 e. The Morgan fingerprint density at radius 2 is 2.00 bits per heavy atom. The Kier molecular flexibility index (Phi) is 4.69. The summed E-state index contributed by atoms with van der Waals surface area (Å²) in [5, 5.41) is 11.2. The van der Waals surface area contributed by atoms with Crippen LogP contribution in [-0.4, -0.2) is 17.0 Å². The van der Waals surface area contributed by atoms with E-state index in [0.29, 0.717) is 40.8 Å². The van der Waals surface area contributed by atoms with Crippen LogP contribution in [0.4, 0.5) is 0 Å². The molecular weight excluding hydrogens is 272 g/mol. The number of carbonyl (C=O) groups excluding carboxylic acids is 1. The number of hydrogen-bond acceptors (Lipinski definition) is 2. The number of aliphatic hydroxyl groups is 1. The molecule has 3 aliphatic rings. The van der Waals surface area contributed by atoms with Crippen LogP contribution in [0, 0.1) is 35.0 Å². The maximum atomic E-state index is 12.1. The molecule has 0 aliphatic heterocycles. The van der Waals surface area contributed by atoms with Crippen LogP contribution in [-0.2, 0) is 4.79 Å². The molecule has 22 heavy (non-hydrogen) atoms. The molecule has 3 rings (SSSR count). The van der Waals surface area contributed by atoms with Crippen molar-refractivity contribution < 1.29 is 9.90 Å². The van der Waals surface area contributed by atoms with Crippen LogP contribution in [0.2, 0.25) is 0 Å². The zero-order valence-electron chi connectivity index (χ0n) is 14.7. The fourth-order valence-electron chi connectivity index (χ4n) is 6.63. The molecule has 1 N–H and O–H groups in total. The number of rotatable bonds is 3. The van der Waals surface area contributed by atoms with Crippen molar-refractivity contribution in [1.82, 2.24) is 0 Å². The van der Waals surface area contributed by atoms with Gasteiger partial charge in [0.05, 0.1) is 6.10 Å². The van der Waals surface area contributed by atoms with Crippen LogP contribution in [0.1, 0.15) is 78.6 Å². The summed E-state index contributed by atoms with van der Waals surface area (Å²) in [6, 6.07) is 0. The van der Waals surface area contributed by atoms with Gasteiger partial charge in [-0.15, -0.1) is 0 Å². The summed E-state index contributed by atoms with van der Waals surface area (Å²) in [6.07, 6.45) is 9.85. The van der Waals surface area contributed by atoms with Gasteiger partial charge in [-0.25, -0.2) is 0 Å². The summed E-state index contributed by atoms with van der Waals surface area (Å²) in [7, 11) is 0. The average molecular weight is 306 g/mol. The van der Waals surface area contributed by atoms with Crippen molar-refractivity contribution >= 4 is 5.78 Å². The molecule has 3 saturated carbocycles. The van der Waals surface area contributed by atoms with Gasteiger partial charge in [0.25, 0.3) is 0 Å². The second-order valence-corrected chi connectivity index (χ2v) is 8.58. The Bertz CT molecular complexity index is 416. The monoisotopic (exact) mass is 306 g/mol. The number of ketones is 1. The number of carbonyl (C=O) groups is 1. The highest BCUT2D eigenvalue weighted by molar-refractivity contribution is 5.79. The largest absolute Gasteiger partial charge is 0.393 e. The Labute approximate surface area is 136 Å². The van der Waals surface area contributed by atoms with Crippen molar-refractivity contribution in [1.29, 1.82) is 0 Å². The minimum atomic E-state index is -0.171. The summed E-state index contributed by atoms with van der Waals surface area (Å²) in [5.41, 5.74) is 0.297. The van der Waals surface area contributed by atoms with E-state index in [9.17, 15) is 9.90 Å². The second-order valence-electron chi connectivity index (χ2n) is 8.58. The lowest BCUT2D eigenvalue weighted by Gasteiger charge is -2.61. The van der Waals surface area contributed by atoms with Crippen molar-refractivity contribution in [3.8, 4) is 0 Å². The third-order valence-electron chi connectivity index (χ3n) is 7.66. The third kappa shape index (κ3) is 2.46. The Balaban J connectivity index is 1.96. The van der Waals surface area contributed by atoms with Crippen LogP contribution < -0.4 is 0 Å². The fourth-order valence-corrected chi connectivity index (χ4v) is 6.63. The first-order valence-electron chi connectivity index (χ1n) is 9.72. The van der Waals surface area contributed by atoms with Crippen molar-refractivity contribution in [2.45, 2.75) is 84.7 Å². The first-order valence-corrected chi connectivity index (χ1v) is 9.72. The number of fused-ring (bicyclic) bond motifs is 3. The molecule has 0 bridgehead atoms. The van der Waals surface area contributed by atoms with Crippen LogP contribution in [0.5, 0.6) is 0 Å². The predicted molar refractivity (Wildman–Crippen MR) is 89.5 cm³/mol. The van der Waals surface area contributed by atoms with Gasteiger partial charge < -0.3 is 5.11 Å². The molecular formula is C20H34O2. The fraction of sp³-hybridized carbons (Fsp3) is 0.950. The van der Waals surface area contributed by atoms with Gasteiger partial charge in [0.15, 0.2) is 0 Å². The molecule has 0 aromatic rings. The van der Waals surface area contributed by atoms with Gasteiger partial charge in [-0.1, -0.05) is 52.9 Å². The summed E-state index contributed by atoms with van der Waals surface area (Å²) in [6.45, 7) is 6.95. The van der Waals surface area contributed by atoms with Gasteiger partial charge in [0.1, 0.15) is 5.78 Å². The quantitative estimate of drug-likeness (QED) is 0.827. The lowest BCUT2D eigenvalue weighted by atomic mass is 9.44. The molecule has 2 nitrogen and oxygen atoms in total. The SMILES string of the molecule is CCCC1CCCC2C1[C@H](O)[C@@H](CC)C1CC(=O)CC[C@]21C. The third-order valence-corrected chi connectivity index (χ3v) is 7.66. The van der Waals surface area contributed by atoms with E-state index in [4.69, 9.17) is 0 Å². The highest BCUT2D eigenvalue weighted by atomic mass is 16.3. The molecule has 0 saturated heterocycles. The molecule has 3 fully saturated rings. The smallest absolute Gasteiger partial charge is 0.133 e. The molecule has 0 spiro atoms. The van der Waals surface area contributed by atoms with Gasteiger partial charge in [0.2, 0.25) is 0 Å². The summed E-state index contributed by atoms with van der Waals surface area (Å²) < 4.78 is 0. The van der Waals surface area contributed by atoms with E-state index in [1.165, 1.54) is 32.1 Å². The Morgan fingerprint density at radius 1 is 1.23 bits per heavy atom. The van der Waals surface area contributed by atoms with E-state index >= 15 is 0 Å². The van der Waals surface area contributed by atoms with E-state index in [-0.39, 0.29) is 6.10 Å². The molecule has 0 heterocycles. The van der Waals surface area contributed by atoms with E-state index in [1.54, 1.807) is 0 Å². The van der Waals surface area contributed by atoms with Gasteiger partial charge in [-0.05, 0) is 47.8 Å². The summed E-state index contributed by atoms with van der Waals surface area (Å²) in [5.74, 6) is 3.06. The molecule has 126 valence electrons. The van der Waals surface area contributed by atoms with Crippen LogP contribution >= 0.6 is 0 Å². The Hall–Kier alpha value is -0.370. The first-order chi connectivity index (χ1) is 10.5. The van der Waals surface area contributed by atoms with Gasteiger partial charge in [-0.3, -0.25) is 4.79 Å². The number of Topliss-reactive ketones (excluding diaryl/α,β-unsaturated/α-hetero) is 1. The normalized spacial score (nSPS) is 48.6. The maximum Gasteiger partial charge on any atom is 0.133 e. The standard InChI is InChI=1S/C20H34O2/c1-4-7-13-8-6-9-16-18(13)19(22)15(5-2)17-12-14(21)10-11-20(16,17)3/h13,15-19,22H,4-12H2,1-3H3/t13?,15-,16?,17?,18?,19+,20+/m0/s1. The van der Waals surface area contributed by atoms with Gasteiger partial charge in [-0.2, -0.15) is 0 Å². The van der Waals surface area contributed by atoms with E-state index in [1.807, 2.05) is 0 Å². The molecule has 0 amide bonds. The summed E-state index contributed by atoms with van der Waals surface area (Å²) in [4.78, 5) is 12.1. The van der Waals surface area contributed by atoms with Gasteiger partial charge >= 0.3 is 0 Å². The minimum absolute atomic E-state index is 0.171. The molecule has 0 aromatic heterocycles. The Morgan fingerprint density at radius 3 is 2.68 bits per heavy atom. The maximum absolute atomic E-state index is 12.1. The summed E-state index contributed by atoms with van der Waals surface area (Å²) >= 11 is 0.